The summed E-state index contributed by atoms with van der Waals surface area (Å²) >= 11 is 6.02. The van der Waals surface area contributed by atoms with Crippen LogP contribution in [0, 0.1) is 0 Å². The molecule has 0 saturated heterocycles. The molecule has 160 valence electrons. The summed E-state index contributed by atoms with van der Waals surface area (Å²) in [6.07, 6.45) is 1.70. The zero-order valence-corrected chi connectivity index (χ0v) is 17.7. The number of halogens is 1. The van der Waals surface area contributed by atoms with E-state index in [2.05, 4.69) is 25.1 Å². The molecule has 0 spiro atoms. The average molecular weight is 438 g/mol. The second kappa shape index (κ2) is 10.3. The number of aromatic nitrogens is 1. The number of nitrogens with zero attached hydrogens (tertiary/aromatic N) is 4. The average Bonchev–Trinajstić information content (AvgIpc) is 2.79. The fourth-order valence-corrected chi connectivity index (χ4v) is 3.35. The van der Waals surface area contributed by atoms with E-state index in [1.807, 2.05) is 66.7 Å². The number of hydrogen-bond donors (Lipinski definition) is 2. The van der Waals surface area contributed by atoms with Crippen molar-refractivity contribution in [2.24, 2.45) is 4.99 Å². The Morgan fingerprint density at radius 2 is 1.84 bits per heavy atom. The molecule has 1 aromatic heterocycles. The first-order valence-corrected chi connectivity index (χ1v) is 10.4. The van der Waals surface area contributed by atoms with Gasteiger partial charge in [-0.3, -0.25) is 4.90 Å². The van der Waals surface area contributed by atoms with Crippen LogP contribution in [-0.4, -0.2) is 52.3 Å². The van der Waals surface area contributed by atoms with Crippen LogP contribution in [0.1, 0.15) is 5.56 Å². The Morgan fingerprint density at radius 1 is 1.03 bits per heavy atom. The predicted octanol–water partition coefficient (Wildman–Crippen LogP) is 4.02. The van der Waals surface area contributed by atoms with E-state index in [9.17, 15) is 5.11 Å². The number of aliphatic hydroxyl groups is 1. The fraction of sp³-hybridized carbons (Fsp3) is 0.217. The fourth-order valence-electron chi connectivity index (χ4n) is 3.22. The van der Waals surface area contributed by atoms with E-state index >= 15 is 0 Å². The highest BCUT2D eigenvalue weighted by molar-refractivity contribution is 6.30. The minimum Gasteiger partial charge on any atom is -0.439 e. The van der Waals surface area contributed by atoms with E-state index < -0.39 is 0 Å². The number of aliphatic imine (C=N–C) groups is 1. The zero-order valence-electron chi connectivity index (χ0n) is 17.0. The third-order valence-electron chi connectivity index (χ3n) is 4.76. The summed E-state index contributed by atoms with van der Waals surface area (Å²) in [5.74, 6) is 2.04. The molecule has 4 rings (SSSR count). The van der Waals surface area contributed by atoms with Crippen LogP contribution in [-0.2, 0) is 6.54 Å². The maximum atomic E-state index is 9.30. The van der Waals surface area contributed by atoms with Crippen LogP contribution in [0.2, 0.25) is 5.02 Å². The van der Waals surface area contributed by atoms with Gasteiger partial charge in [0.05, 0.1) is 19.9 Å². The summed E-state index contributed by atoms with van der Waals surface area (Å²) in [7, 11) is 0. The Bertz CT molecular complexity index is 997. The smallest absolute Gasteiger partial charge is 0.219 e. The molecule has 0 fully saturated rings. The van der Waals surface area contributed by atoms with Crippen LogP contribution in [0.3, 0.4) is 0 Å². The van der Waals surface area contributed by atoms with E-state index in [0.29, 0.717) is 43.1 Å². The number of anilines is 1. The van der Waals surface area contributed by atoms with Crippen molar-refractivity contribution >= 4 is 23.2 Å². The van der Waals surface area contributed by atoms with Gasteiger partial charge in [-0.1, -0.05) is 29.8 Å². The van der Waals surface area contributed by atoms with Crippen molar-refractivity contribution in [3.05, 3.63) is 83.5 Å². The summed E-state index contributed by atoms with van der Waals surface area (Å²) in [6, 6.07) is 21.0. The van der Waals surface area contributed by atoms with Gasteiger partial charge in [-0.2, -0.15) is 0 Å². The quantitative estimate of drug-likeness (QED) is 0.581. The van der Waals surface area contributed by atoms with Gasteiger partial charge in [0, 0.05) is 36.1 Å². The molecule has 8 heteroatoms. The lowest BCUT2D eigenvalue weighted by atomic mass is 10.2. The van der Waals surface area contributed by atoms with E-state index in [1.54, 1.807) is 6.20 Å². The summed E-state index contributed by atoms with van der Waals surface area (Å²) in [5, 5.41) is 13.4. The third-order valence-corrected chi connectivity index (χ3v) is 5.02. The summed E-state index contributed by atoms with van der Waals surface area (Å²) in [5.41, 5.74) is 2.03. The Morgan fingerprint density at radius 3 is 2.55 bits per heavy atom. The zero-order chi connectivity index (χ0) is 21.5. The number of pyridine rings is 1. The number of β-amino-alcohol motifs (C(OH)–C–C–N with tert-alkyl or cyclic N) is 1. The standard InChI is InChI=1S/C23H24ClN5O2/c24-19-6-4-18(5-7-19)15-29-17-28(13-14-30)16-26-23(29)27-20-8-10-21(11-9-20)31-22-3-1-2-12-25-22/h1-12,30H,13-17H2,(H,26,27). The largest absolute Gasteiger partial charge is 0.439 e. The van der Waals surface area contributed by atoms with Crippen LogP contribution in [0.15, 0.2) is 77.9 Å². The van der Waals surface area contributed by atoms with Crippen LogP contribution >= 0.6 is 11.6 Å². The monoisotopic (exact) mass is 437 g/mol. The van der Waals surface area contributed by atoms with Crippen molar-refractivity contribution in [2.75, 3.05) is 31.8 Å². The first-order chi connectivity index (χ1) is 15.2. The lowest BCUT2D eigenvalue weighted by Crippen LogP contribution is -2.49. The van der Waals surface area contributed by atoms with Gasteiger partial charge in [-0.05, 0) is 48.0 Å². The molecule has 0 aliphatic carbocycles. The molecule has 7 nitrogen and oxygen atoms in total. The van der Waals surface area contributed by atoms with Crippen molar-refractivity contribution in [3.8, 4) is 11.6 Å². The molecule has 2 heterocycles. The van der Waals surface area contributed by atoms with Gasteiger partial charge in [0.15, 0.2) is 0 Å². The molecule has 1 aliphatic rings. The van der Waals surface area contributed by atoms with Crippen molar-refractivity contribution in [1.29, 1.82) is 0 Å². The number of hydrogen-bond acceptors (Lipinski definition) is 7. The minimum atomic E-state index is 0.102. The van der Waals surface area contributed by atoms with Crippen LogP contribution < -0.4 is 10.1 Å². The van der Waals surface area contributed by atoms with Gasteiger partial charge >= 0.3 is 0 Å². The predicted molar refractivity (Wildman–Crippen MR) is 122 cm³/mol. The first-order valence-electron chi connectivity index (χ1n) is 10.0. The van der Waals surface area contributed by atoms with Crippen LogP contribution in [0.25, 0.3) is 0 Å². The number of rotatable bonds is 7. The molecule has 0 bridgehead atoms. The molecule has 0 amide bonds. The Hall–Kier alpha value is -3.13. The van der Waals surface area contributed by atoms with Gasteiger partial charge in [-0.25, -0.2) is 9.98 Å². The third kappa shape index (κ3) is 5.95. The summed E-state index contributed by atoms with van der Waals surface area (Å²) in [6.45, 7) is 2.54. The van der Waals surface area contributed by atoms with E-state index in [0.717, 1.165) is 17.2 Å². The molecule has 3 aromatic rings. The second-order valence-electron chi connectivity index (χ2n) is 7.13. The topological polar surface area (TPSA) is 73.2 Å². The summed E-state index contributed by atoms with van der Waals surface area (Å²) in [4.78, 5) is 13.1. The lowest BCUT2D eigenvalue weighted by Gasteiger charge is -2.36. The van der Waals surface area contributed by atoms with Gasteiger partial charge in [0.2, 0.25) is 11.8 Å². The number of nitrogens with one attached hydrogen (secondary N) is 1. The molecule has 0 unspecified atom stereocenters. The highest BCUT2D eigenvalue weighted by Gasteiger charge is 2.21. The first kappa shape index (κ1) is 21.1. The van der Waals surface area contributed by atoms with Crippen molar-refractivity contribution in [2.45, 2.75) is 6.54 Å². The molecule has 1 aliphatic heterocycles. The van der Waals surface area contributed by atoms with Gasteiger partial charge in [0.25, 0.3) is 0 Å². The molecule has 2 aromatic carbocycles. The summed E-state index contributed by atoms with van der Waals surface area (Å²) < 4.78 is 5.75. The van der Waals surface area contributed by atoms with Crippen molar-refractivity contribution in [1.82, 2.24) is 14.8 Å². The van der Waals surface area contributed by atoms with Gasteiger partial charge < -0.3 is 20.1 Å². The second-order valence-corrected chi connectivity index (χ2v) is 7.56. The molecule has 31 heavy (non-hydrogen) atoms. The number of guanidine groups is 1. The Labute approximate surface area is 186 Å². The molecule has 0 atom stereocenters. The van der Waals surface area contributed by atoms with Crippen LogP contribution in [0.4, 0.5) is 5.69 Å². The number of aliphatic hydroxyl groups excluding tert-OH is 1. The van der Waals surface area contributed by atoms with E-state index in [-0.39, 0.29) is 6.61 Å². The van der Waals surface area contributed by atoms with E-state index in [1.165, 1.54) is 0 Å². The maximum Gasteiger partial charge on any atom is 0.219 e. The number of benzene rings is 2. The molecular formula is C23H24ClN5O2. The van der Waals surface area contributed by atoms with E-state index in [4.69, 9.17) is 16.3 Å². The minimum absolute atomic E-state index is 0.102. The Kier molecular flexibility index (Phi) is 6.99. The molecule has 0 radical (unpaired) electrons. The highest BCUT2D eigenvalue weighted by atomic mass is 35.5. The molecular weight excluding hydrogens is 414 g/mol. The van der Waals surface area contributed by atoms with Crippen molar-refractivity contribution < 1.29 is 9.84 Å². The Balaban J connectivity index is 1.45. The normalized spacial score (nSPS) is 14.3. The number of ether oxygens (including phenoxy) is 1. The van der Waals surface area contributed by atoms with Gasteiger partial charge in [-0.15, -0.1) is 0 Å². The SMILES string of the molecule is OCCN1CN=C(Nc2ccc(Oc3ccccn3)cc2)N(Cc2ccc(Cl)cc2)C1. The van der Waals surface area contributed by atoms with Gasteiger partial charge in [0.1, 0.15) is 5.75 Å². The highest BCUT2D eigenvalue weighted by Crippen LogP contribution is 2.22. The van der Waals surface area contributed by atoms with Crippen LogP contribution in [0.5, 0.6) is 11.6 Å². The molecule has 0 saturated carbocycles. The maximum absolute atomic E-state index is 9.30. The lowest BCUT2D eigenvalue weighted by molar-refractivity contribution is 0.135. The molecule has 2 N–H and O–H groups in total. The van der Waals surface area contributed by atoms with Crippen molar-refractivity contribution in [3.63, 3.8) is 0 Å².